The van der Waals surface area contributed by atoms with Crippen LogP contribution in [-0.2, 0) is 4.79 Å². The van der Waals surface area contributed by atoms with Gasteiger partial charge in [-0.05, 0) is 19.1 Å². The number of rotatable bonds is 5. The molecule has 0 aliphatic carbocycles. The highest BCUT2D eigenvalue weighted by Gasteiger charge is 2.11. The third kappa shape index (κ3) is 4.23. The zero-order valence-corrected chi connectivity index (χ0v) is 14.5. The molecule has 2 heterocycles. The van der Waals surface area contributed by atoms with Crippen molar-refractivity contribution in [2.45, 2.75) is 12.1 Å². The summed E-state index contributed by atoms with van der Waals surface area (Å²) in [5.41, 5.74) is 0.926. The topological polar surface area (TPSA) is 81.2 Å². The molecule has 0 radical (unpaired) electrons. The fraction of sp³-hybridized carbons (Fsp3) is 0.133. The number of carbonyl (C=O) groups is 1. The van der Waals surface area contributed by atoms with Crippen molar-refractivity contribution < 1.29 is 13.7 Å². The van der Waals surface area contributed by atoms with E-state index in [4.69, 9.17) is 8.94 Å². The van der Waals surface area contributed by atoms with E-state index in [1.165, 1.54) is 11.8 Å². The molecule has 0 saturated carbocycles. The Bertz CT molecular complexity index is 813. The summed E-state index contributed by atoms with van der Waals surface area (Å²) in [6, 6.07) is 9.37. The minimum atomic E-state index is -0.202. The summed E-state index contributed by atoms with van der Waals surface area (Å²) in [7, 11) is 0. The molecule has 0 aliphatic heterocycles. The molecule has 0 aliphatic rings. The number of carbonyl (C=O) groups excluding carboxylic acids is 1. The Kier molecular flexibility index (Phi) is 4.82. The molecule has 3 aromatic rings. The molecule has 6 nitrogen and oxygen atoms in total. The van der Waals surface area contributed by atoms with Gasteiger partial charge in [0, 0.05) is 16.1 Å². The average molecular weight is 394 g/mol. The van der Waals surface area contributed by atoms with Gasteiger partial charge in [-0.1, -0.05) is 45.0 Å². The second-order valence-corrected chi connectivity index (χ2v) is 6.50. The minimum Gasteiger partial charge on any atom is -0.431 e. The van der Waals surface area contributed by atoms with Gasteiger partial charge in [-0.2, -0.15) is 0 Å². The Hall–Kier alpha value is -2.06. The van der Waals surface area contributed by atoms with Gasteiger partial charge in [0.2, 0.25) is 5.91 Å². The Labute approximate surface area is 144 Å². The number of hydrogen-bond acceptors (Lipinski definition) is 6. The van der Waals surface area contributed by atoms with Crippen LogP contribution in [0.2, 0.25) is 0 Å². The molecule has 0 saturated heterocycles. The number of aromatic nitrogens is 2. The molecule has 1 aromatic carbocycles. The predicted octanol–water partition coefficient (Wildman–Crippen LogP) is 4.13. The molecule has 0 unspecified atom stereocenters. The van der Waals surface area contributed by atoms with Crippen molar-refractivity contribution in [2.24, 2.45) is 0 Å². The highest BCUT2D eigenvalue weighted by molar-refractivity contribution is 9.10. The molecule has 1 amide bonds. The van der Waals surface area contributed by atoms with Crippen LogP contribution in [-0.4, -0.2) is 21.8 Å². The standard InChI is InChI=1S/C15H12BrN3O3S/c1-9-6-13(19-22-9)18-14(20)8-23-15-17-7-12(21-15)10-2-4-11(16)5-3-10/h2-7H,8H2,1H3,(H,18,19,20). The van der Waals surface area contributed by atoms with E-state index in [1.54, 1.807) is 19.2 Å². The molecule has 2 aromatic heterocycles. The molecular weight excluding hydrogens is 382 g/mol. The summed E-state index contributed by atoms with van der Waals surface area (Å²) in [5.74, 6) is 1.67. The lowest BCUT2D eigenvalue weighted by Crippen LogP contribution is -2.14. The van der Waals surface area contributed by atoms with E-state index in [0.29, 0.717) is 22.6 Å². The van der Waals surface area contributed by atoms with Crippen molar-refractivity contribution in [1.82, 2.24) is 10.1 Å². The first-order valence-corrected chi connectivity index (χ1v) is 8.46. The fourth-order valence-electron chi connectivity index (χ4n) is 1.80. The van der Waals surface area contributed by atoms with Crippen LogP contribution in [0.25, 0.3) is 11.3 Å². The molecule has 0 atom stereocenters. The number of nitrogens with one attached hydrogen (secondary N) is 1. The maximum Gasteiger partial charge on any atom is 0.256 e. The predicted molar refractivity (Wildman–Crippen MR) is 90.2 cm³/mol. The van der Waals surface area contributed by atoms with Crippen molar-refractivity contribution in [1.29, 1.82) is 0 Å². The van der Waals surface area contributed by atoms with Gasteiger partial charge in [0.05, 0.1) is 11.9 Å². The van der Waals surface area contributed by atoms with E-state index in [2.05, 4.69) is 31.4 Å². The van der Waals surface area contributed by atoms with Crippen molar-refractivity contribution in [3.05, 3.63) is 46.8 Å². The summed E-state index contributed by atoms with van der Waals surface area (Å²) in [6.45, 7) is 1.76. The molecule has 1 N–H and O–H groups in total. The van der Waals surface area contributed by atoms with Crippen LogP contribution in [0.4, 0.5) is 5.82 Å². The zero-order valence-electron chi connectivity index (χ0n) is 12.1. The Morgan fingerprint density at radius 3 is 2.83 bits per heavy atom. The SMILES string of the molecule is Cc1cc(NC(=O)CSc2ncc(-c3ccc(Br)cc3)o2)no1. The summed E-state index contributed by atoms with van der Waals surface area (Å²) in [6.07, 6.45) is 1.64. The van der Waals surface area contributed by atoms with E-state index in [-0.39, 0.29) is 11.7 Å². The van der Waals surface area contributed by atoms with Gasteiger partial charge < -0.3 is 14.3 Å². The van der Waals surface area contributed by atoms with Gasteiger partial charge in [0.1, 0.15) is 5.76 Å². The first-order valence-electron chi connectivity index (χ1n) is 6.68. The monoisotopic (exact) mass is 393 g/mol. The summed E-state index contributed by atoms with van der Waals surface area (Å²) in [4.78, 5) is 16.0. The second-order valence-electron chi connectivity index (χ2n) is 4.66. The van der Waals surface area contributed by atoms with Crippen molar-refractivity contribution in [3.63, 3.8) is 0 Å². The number of amides is 1. The number of halogens is 1. The van der Waals surface area contributed by atoms with E-state index >= 15 is 0 Å². The van der Waals surface area contributed by atoms with Gasteiger partial charge in [-0.3, -0.25) is 4.79 Å². The first-order chi connectivity index (χ1) is 11.1. The number of hydrogen-bond donors (Lipinski definition) is 1. The number of aryl methyl sites for hydroxylation is 1. The number of nitrogens with zero attached hydrogens (tertiary/aromatic N) is 2. The van der Waals surface area contributed by atoms with Crippen LogP contribution >= 0.6 is 27.7 Å². The Morgan fingerprint density at radius 2 is 2.13 bits per heavy atom. The second kappa shape index (κ2) is 7.01. The third-order valence-corrected chi connectivity index (χ3v) is 4.21. The lowest BCUT2D eigenvalue weighted by atomic mass is 10.2. The van der Waals surface area contributed by atoms with Crippen molar-refractivity contribution in [2.75, 3.05) is 11.1 Å². The zero-order chi connectivity index (χ0) is 16.2. The minimum absolute atomic E-state index is 0.173. The van der Waals surface area contributed by atoms with E-state index in [9.17, 15) is 4.79 Å². The molecular formula is C15H12BrN3O3S. The maximum atomic E-state index is 11.8. The van der Waals surface area contributed by atoms with Gasteiger partial charge in [0.25, 0.3) is 5.22 Å². The van der Waals surface area contributed by atoms with Crippen LogP contribution < -0.4 is 5.32 Å². The summed E-state index contributed by atoms with van der Waals surface area (Å²) < 4.78 is 11.5. The van der Waals surface area contributed by atoms with Gasteiger partial charge >= 0.3 is 0 Å². The molecule has 3 rings (SSSR count). The smallest absolute Gasteiger partial charge is 0.256 e. The number of anilines is 1. The van der Waals surface area contributed by atoms with Gasteiger partial charge in [-0.25, -0.2) is 4.98 Å². The van der Waals surface area contributed by atoms with E-state index < -0.39 is 0 Å². The maximum absolute atomic E-state index is 11.8. The van der Waals surface area contributed by atoms with E-state index in [0.717, 1.165) is 10.0 Å². The highest BCUT2D eigenvalue weighted by Crippen LogP contribution is 2.26. The molecule has 0 bridgehead atoms. The van der Waals surface area contributed by atoms with Crippen molar-refractivity contribution in [3.8, 4) is 11.3 Å². The molecule has 8 heteroatoms. The average Bonchev–Trinajstić information content (AvgIpc) is 3.15. The Morgan fingerprint density at radius 1 is 1.35 bits per heavy atom. The third-order valence-electron chi connectivity index (χ3n) is 2.84. The largest absolute Gasteiger partial charge is 0.431 e. The number of thioether (sulfide) groups is 1. The molecule has 118 valence electrons. The van der Waals surface area contributed by atoms with Gasteiger partial charge in [-0.15, -0.1) is 0 Å². The first kappa shape index (κ1) is 15.8. The lowest BCUT2D eigenvalue weighted by molar-refractivity contribution is -0.113. The molecule has 23 heavy (non-hydrogen) atoms. The van der Waals surface area contributed by atoms with Gasteiger partial charge in [0.15, 0.2) is 11.6 Å². The highest BCUT2D eigenvalue weighted by atomic mass is 79.9. The lowest BCUT2D eigenvalue weighted by Gasteiger charge is -1.99. The normalized spacial score (nSPS) is 10.7. The quantitative estimate of drug-likeness (QED) is 0.656. The van der Waals surface area contributed by atoms with Crippen LogP contribution in [0.1, 0.15) is 5.76 Å². The van der Waals surface area contributed by atoms with Crippen LogP contribution in [0.5, 0.6) is 0 Å². The van der Waals surface area contributed by atoms with Crippen molar-refractivity contribution >= 4 is 39.4 Å². The van der Waals surface area contributed by atoms with Crippen LogP contribution in [0.15, 0.2) is 55.2 Å². The van der Waals surface area contributed by atoms with E-state index in [1.807, 2.05) is 24.3 Å². The van der Waals surface area contributed by atoms with Crippen LogP contribution in [0, 0.1) is 6.92 Å². The number of benzene rings is 1. The summed E-state index contributed by atoms with van der Waals surface area (Å²) in [5, 5.41) is 6.78. The Balaban J connectivity index is 1.56. The fourth-order valence-corrected chi connectivity index (χ4v) is 2.67. The molecule has 0 fully saturated rings. The summed E-state index contributed by atoms with van der Waals surface area (Å²) >= 11 is 4.60. The molecule has 0 spiro atoms. The number of oxazole rings is 1. The van der Waals surface area contributed by atoms with Crippen LogP contribution in [0.3, 0.4) is 0 Å².